The fourth-order valence-electron chi connectivity index (χ4n) is 1.11. The molecule has 3 nitrogen and oxygen atoms in total. The highest BCUT2D eigenvalue weighted by atomic mass is 16.1. The molecule has 1 N–H and O–H groups in total. The normalized spacial score (nSPS) is 9.85. The lowest BCUT2D eigenvalue weighted by Gasteiger charge is -1.95. The number of aromatic amines is 1. The Hall–Kier alpha value is -1.90. The number of nitrogens with zero attached hydrogens (tertiary/aromatic N) is 1. The van der Waals surface area contributed by atoms with Gasteiger partial charge in [0, 0.05) is 12.4 Å². The highest BCUT2D eigenvalue weighted by Crippen LogP contribution is 2.03. The molecule has 0 saturated heterocycles. The van der Waals surface area contributed by atoms with Crippen LogP contribution in [-0.4, -0.2) is 15.8 Å². The summed E-state index contributed by atoms with van der Waals surface area (Å²) in [7, 11) is 0. The minimum atomic E-state index is -0.0781. The van der Waals surface area contributed by atoms with Gasteiger partial charge in [-0.15, -0.1) is 0 Å². The Morgan fingerprint density at radius 1 is 1.23 bits per heavy atom. The van der Waals surface area contributed by atoms with Gasteiger partial charge in [-0.25, -0.2) is 0 Å². The van der Waals surface area contributed by atoms with Crippen molar-refractivity contribution in [2.24, 2.45) is 0 Å². The summed E-state index contributed by atoms with van der Waals surface area (Å²) in [5.74, 6) is -0.0781. The number of ketones is 1. The van der Waals surface area contributed by atoms with E-state index in [0.717, 1.165) is 0 Å². The first kappa shape index (κ1) is 7.73. The Morgan fingerprint density at radius 2 is 2.15 bits per heavy atom. The van der Waals surface area contributed by atoms with Crippen LogP contribution in [0.2, 0.25) is 0 Å². The average Bonchev–Trinajstić information content (AvgIpc) is 2.71. The second-order valence-corrected chi connectivity index (χ2v) is 2.63. The van der Waals surface area contributed by atoms with E-state index in [9.17, 15) is 4.79 Å². The number of nitrogens with one attached hydrogen (secondary N) is 1. The van der Waals surface area contributed by atoms with E-state index in [1.165, 1.54) is 0 Å². The third-order valence-corrected chi connectivity index (χ3v) is 1.74. The molecule has 2 aromatic rings. The molecule has 2 rings (SSSR count). The number of pyridine rings is 1. The quantitative estimate of drug-likeness (QED) is 0.700. The number of carbonyl (C=O) groups excluding carboxylic acids is 1. The van der Waals surface area contributed by atoms with Crippen LogP contribution in [0.25, 0.3) is 0 Å². The molecule has 0 fully saturated rings. The fraction of sp³-hybridized carbons (Fsp3) is 0. The zero-order chi connectivity index (χ0) is 9.10. The lowest BCUT2D eigenvalue weighted by molar-refractivity contribution is 0.103. The van der Waals surface area contributed by atoms with E-state index >= 15 is 0 Å². The third-order valence-electron chi connectivity index (χ3n) is 1.74. The first-order valence-electron chi connectivity index (χ1n) is 3.97. The van der Waals surface area contributed by atoms with Gasteiger partial charge in [0.05, 0.1) is 5.69 Å². The molecule has 0 aliphatic heterocycles. The van der Waals surface area contributed by atoms with Crippen LogP contribution >= 0.6 is 0 Å². The Kier molecular flexibility index (Phi) is 1.92. The van der Waals surface area contributed by atoms with Gasteiger partial charge in [0.2, 0.25) is 5.78 Å². The minimum Gasteiger partial charge on any atom is -0.358 e. The summed E-state index contributed by atoms with van der Waals surface area (Å²) in [5.41, 5.74) is 1.03. The number of H-pyrrole nitrogens is 1. The predicted octanol–water partition coefficient (Wildman–Crippen LogP) is 1.64. The van der Waals surface area contributed by atoms with Crippen LogP contribution in [0.4, 0.5) is 0 Å². The molecule has 2 aromatic heterocycles. The third kappa shape index (κ3) is 1.49. The summed E-state index contributed by atoms with van der Waals surface area (Å²) in [6, 6.07) is 8.80. The molecule has 0 unspecified atom stereocenters. The zero-order valence-corrected chi connectivity index (χ0v) is 6.90. The molecule has 0 aromatic carbocycles. The maximum Gasteiger partial charge on any atom is 0.227 e. The highest BCUT2D eigenvalue weighted by Gasteiger charge is 2.09. The summed E-state index contributed by atoms with van der Waals surface area (Å²) < 4.78 is 0. The minimum absolute atomic E-state index is 0.0781. The lowest BCUT2D eigenvalue weighted by Crippen LogP contribution is -2.03. The van der Waals surface area contributed by atoms with E-state index in [2.05, 4.69) is 9.97 Å². The van der Waals surface area contributed by atoms with Crippen molar-refractivity contribution >= 4 is 5.78 Å². The molecule has 0 saturated carbocycles. The standard InChI is InChI=1S/C10H8N2O/c13-10(9-5-3-7-12-9)8-4-1-2-6-11-8/h1-7,12H. The summed E-state index contributed by atoms with van der Waals surface area (Å²) >= 11 is 0. The van der Waals surface area contributed by atoms with Crippen LogP contribution in [0.1, 0.15) is 16.2 Å². The van der Waals surface area contributed by atoms with E-state index in [-0.39, 0.29) is 5.78 Å². The summed E-state index contributed by atoms with van der Waals surface area (Å²) in [4.78, 5) is 18.4. The fourth-order valence-corrected chi connectivity index (χ4v) is 1.11. The SMILES string of the molecule is O=C(c1ccccn1)c1ccc[nH]1. The van der Waals surface area contributed by atoms with Crippen molar-refractivity contribution in [1.29, 1.82) is 0 Å². The molecule has 0 aliphatic rings. The van der Waals surface area contributed by atoms with Crippen LogP contribution in [0.3, 0.4) is 0 Å². The molecule has 0 amide bonds. The number of hydrogen-bond donors (Lipinski definition) is 1. The van der Waals surface area contributed by atoms with E-state index in [4.69, 9.17) is 0 Å². The summed E-state index contributed by atoms with van der Waals surface area (Å²) in [6.07, 6.45) is 3.33. The van der Waals surface area contributed by atoms with E-state index in [0.29, 0.717) is 11.4 Å². The second-order valence-electron chi connectivity index (χ2n) is 2.63. The maximum absolute atomic E-state index is 11.6. The Bertz CT molecular complexity index is 392. The monoisotopic (exact) mass is 172 g/mol. The van der Waals surface area contributed by atoms with Crippen molar-refractivity contribution in [3.8, 4) is 0 Å². The maximum atomic E-state index is 11.6. The van der Waals surface area contributed by atoms with Gasteiger partial charge in [-0.3, -0.25) is 9.78 Å². The van der Waals surface area contributed by atoms with Crippen molar-refractivity contribution in [2.75, 3.05) is 0 Å². The van der Waals surface area contributed by atoms with Gasteiger partial charge >= 0.3 is 0 Å². The summed E-state index contributed by atoms with van der Waals surface area (Å²) in [5, 5.41) is 0. The molecule has 2 heterocycles. The zero-order valence-electron chi connectivity index (χ0n) is 6.90. The smallest absolute Gasteiger partial charge is 0.227 e. The molecule has 0 atom stereocenters. The van der Waals surface area contributed by atoms with Gasteiger partial charge in [0.15, 0.2) is 0 Å². The van der Waals surface area contributed by atoms with E-state index in [1.54, 1.807) is 42.7 Å². The van der Waals surface area contributed by atoms with Gasteiger partial charge in [-0.1, -0.05) is 6.07 Å². The number of rotatable bonds is 2. The predicted molar refractivity (Wildman–Crippen MR) is 48.5 cm³/mol. The first-order valence-corrected chi connectivity index (χ1v) is 3.97. The van der Waals surface area contributed by atoms with E-state index in [1.807, 2.05) is 0 Å². The van der Waals surface area contributed by atoms with Crippen molar-refractivity contribution in [1.82, 2.24) is 9.97 Å². The van der Waals surface area contributed by atoms with Crippen LogP contribution in [0.5, 0.6) is 0 Å². The topological polar surface area (TPSA) is 45.8 Å². The molecule has 3 heteroatoms. The van der Waals surface area contributed by atoms with Crippen LogP contribution in [-0.2, 0) is 0 Å². The lowest BCUT2D eigenvalue weighted by atomic mass is 10.2. The number of aromatic nitrogens is 2. The van der Waals surface area contributed by atoms with Gasteiger partial charge in [-0.2, -0.15) is 0 Å². The van der Waals surface area contributed by atoms with Crippen LogP contribution < -0.4 is 0 Å². The first-order chi connectivity index (χ1) is 6.38. The van der Waals surface area contributed by atoms with Gasteiger partial charge < -0.3 is 4.98 Å². The largest absolute Gasteiger partial charge is 0.358 e. The Balaban J connectivity index is 2.34. The summed E-state index contributed by atoms with van der Waals surface area (Å²) in [6.45, 7) is 0. The number of hydrogen-bond acceptors (Lipinski definition) is 2. The molecule has 0 aliphatic carbocycles. The number of carbonyl (C=O) groups is 1. The van der Waals surface area contributed by atoms with Crippen molar-refractivity contribution < 1.29 is 4.79 Å². The van der Waals surface area contributed by atoms with Crippen molar-refractivity contribution in [3.05, 3.63) is 54.1 Å². The molecular formula is C10H8N2O. The highest BCUT2D eigenvalue weighted by molar-refractivity contribution is 6.06. The Labute approximate surface area is 75.4 Å². The van der Waals surface area contributed by atoms with Crippen molar-refractivity contribution in [3.63, 3.8) is 0 Å². The Morgan fingerprint density at radius 3 is 2.77 bits per heavy atom. The molecule has 0 radical (unpaired) electrons. The van der Waals surface area contributed by atoms with Crippen molar-refractivity contribution in [2.45, 2.75) is 0 Å². The second kappa shape index (κ2) is 3.23. The molecule has 0 spiro atoms. The van der Waals surface area contributed by atoms with Gasteiger partial charge in [0.1, 0.15) is 5.69 Å². The van der Waals surface area contributed by atoms with Gasteiger partial charge in [-0.05, 0) is 24.3 Å². The molecule has 13 heavy (non-hydrogen) atoms. The molecule has 0 bridgehead atoms. The van der Waals surface area contributed by atoms with Crippen LogP contribution in [0, 0.1) is 0 Å². The van der Waals surface area contributed by atoms with Gasteiger partial charge in [0.25, 0.3) is 0 Å². The average molecular weight is 172 g/mol. The molecular weight excluding hydrogens is 164 g/mol. The molecule has 64 valence electrons. The van der Waals surface area contributed by atoms with E-state index < -0.39 is 0 Å². The van der Waals surface area contributed by atoms with Crippen LogP contribution in [0.15, 0.2) is 42.7 Å².